The zero-order chi connectivity index (χ0) is 17.7. The molecule has 0 atom stereocenters. The Morgan fingerprint density at radius 3 is 2.33 bits per heavy atom. The van der Waals surface area contributed by atoms with Gasteiger partial charge >= 0.3 is 5.97 Å². The summed E-state index contributed by atoms with van der Waals surface area (Å²) in [5, 5.41) is 8.79. The lowest BCUT2D eigenvalue weighted by atomic mass is 9.72. The van der Waals surface area contributed by atoms with Crippen molar-refractivity contribution in [3.63, 3.8) is 0 Å². The van der Waals surface area contributed by atoms with E-state index in [1.807, 2.05) is 13.0 Å². The molecule has 0 aliphatic heterocycles. The second-order valence-electron chi connectivity index (χ2n) is 7.73. The number of hydrogen-bond acceptors (Lipinski definition) is 1. The van der Waals surface area contributed by atoms with Crippen LogP contribution in [0.1, 0.15) is 66.2 Å². The van der Waals surface area contributed by atoms with Crippen LogP contribution in [0.3, 0.4) is 0 Å². The summed E-state index contributed by atoms with van der Waals surface area (Å²) in [6.45, 7) is 8.79. The molecule has 0 saturated heterocycles. The van der Waals surface area contributed by atoms with Gasteiger partial charge in [0.15, 0.2) is 0 Å². The molecule has 0 spiro atoms. The maximum Gasteiger partial charge on any atom is 0.328 e. The predicted octanol–water partition coefficient (Wildman–Crippen LogP) is 6.14. The molecule has 0 bridgehead atoms. The second-order valence-corrected chi connectivity index (χ2v) is 7.73. The number of rotatable bonds is 5. The fourth-order valence-electron chi connectivity index (χ4n) is 3.84. The molecule has 0 aromatic carbocycles. The molecule has 2 heteroatoms. The molecule has 0 aromatic rings. The summed E-state index contributed by atoms with van der Waals surface area (Å²) in [6.07, 6.45) is 17.0. The Balaban J connectivity index is 2.20. The van der Waals surface area contributed by atoms with Crippen LogP contribution in [0.5, 0.6) is 0 Å². The molecule has 2 rings (SSSR count). The van der Waals surface area contributed by atoms with Crippen LogP contribution in [0, 0.1) is 5.41 Å². The van der Waals surface area contributed by atoms with E-state index >= 15 is 0 Å². The van der Waals surface area contributed by atoms with E-state index in [0.29, 0.717) is 0 Å². The summed E-state index contributed by atoms with van der Waals surface area (Å²) in [5.41, 5.74) is 6.82. The normalized spacial score (nSPS) is 22.2. The first-order valence-corrected chi connectivity index (χ1v) is 8.99. The summed E-state index contributed by atoms with van der Waals surface area (Å²) >= 11 is 0. The quantitative estimate of drug-likeness (QED) is 0.487. The molecule has 0 aromatic heterocycles. The molecule has 0 fully saturated rings. The van der Waals surface area contributed by atoms with Crippen molar-refractivity contribution < 1.29 is 9.90 Å². The Kier molecular flexibility index (Phi) is 6.04. The minimum absolute atomic E-state index is 0.273. The van der Waals surface area contributed by atoms with Gasteiger partial charge in [0.25, 0.3) is 0 Å². The fourth-order valence-corrected chi connectivity index (χ4v) is 3.84. The highest BCUT2D eigenvalue weighted by molar-refractivity contribution is 5.81. The number of hydrogen-bond donors (Lipinski definition) is 1. The first-order valence-electron chi connectivity index (χ1n) is 8.99. The third kappa shape index (κ3) is 4.83. The van der Waals surface area contributed by atoms with E-state index in [4.69, 9.17) is 5.11 Å². The van der Waals surface area contributed by atoms with Crippen molar-refractivity contribution in [1.29, 1.82) is 0 Å². The van der Waals surface area contributed by atoms with Crippen LogP contribution in [0.25, 0.3) is 0 Å². The van der Waals surface area contributed by atoms with Crippen molar-refractivity contribution in [1.82, 2.24) is 0 Å². The van der Waals surface area contributed by atoms with Crippen molar-refractivity contribution in [2.45, 2.75) is 66.2 Å². The van der Waals surface area contributed by atoms with E-state index in [9.17, 15) is 4.79 Å². The van der Waals surface area contributed by atoms with E-state index < -0.39 is 5.97 Å². The predicted molar refractivity (Wildman–Crippen MR) is 101 cm³/mol. The lowest BCUT2D eigenvalue weighted by Crippen LogP contribution is -2.19. The fraction of sp³-hybridized carbons (Fsp3) is 0.500. The van der Waals surface area contributed by atoms with Crippen LogP contribution in [0.15, 0.2) is 58.2 Å². The maximum atomic E-state index is 10.7. The number of carbonyl (C=O) groups is 1. The summed E-state index contributed by atoms with van der Waals surface area (Å²) < 4.78 is 0. The summed E-state index contributed by atoms with van der Waals surface area (Å²) in [5.74, 6) is -0.889. The maximum absolute atomic E-state index is 10.7. The number of allylic oxidation sites excluding steroid dienone is 9. The van der Waals surface area contributed by atoms with Gasteiger partial charge < -0.3 is 5.11 Å². The van der Waals surface area contributed by atoms with E-state index in [-0.39, 0.29) is 5.41 Å². The Hall–Kier alpha value is -1.83. The first-order chi connectivity index (χ1) is 11.3. The molecule has 0 amide bonds. The molecule has 130 valence electrons. The Morgan fingerprint density at radius 1 is 1.04 bits per heavy atom. The van der Waals surface area contributed by atoms with Crippen molar-refractivity contribution in [2.75, 3.05) is 0 Å². The molecule has 2 nitrogen and oxygen atoms in total. The minimum Gasteiger partial charge on any atom is -0.478 e. The van der Waals surface area contributed by atoms with Gasteiger partial charge in [-0.25, -0.2) is 4.79 Å². The third-order valence-electron chi connectivity index (χ3n) is 5.20. The lowest BCUT2D eigenvalue weighted by Gasteiger charge is -2.33. The van der Waals surface area contributed by atoms with Gasteiger partial charge in [-0.3, -0.25) is 0 Å². The molecular formula is C22H30O2. The lowest BCUT2D eigenvalue weighted by molar-refractivity contribution is -0.131. The van der Waals surface area contributed by atoms with E-state index in [1.165, 1.54) is 54.1 Å². The molecule has 24 heavy (non-hydrogen) atoms. The van der Waals surface area contributed by atoms with Crippen molar-refractivity contribution in [2.24, 2.45) is 5.41 Å². The molecule has 0 unspecified atom stereocenters. The molecule has 0 heterocycles. The van der Waals surface area contributed by atoms with Gasteiger partial charge in [-0.2, -0.15) is 0 Å². The van der Waals surface area contributed by atoms with Gasteiger partial charge in [-0.1, -0.05) is 43.7 Å². The summed E-state index contributed by atoms with van der Waals surface area (Å²) in [6, 6.07) is 0. The van der Waals surface area contributed by atoms with Crippen molar-refractivity contribution in [3.8, 4) is 0 Å². The van der Waals surface area contributed by atoms with Gasteiger partial charge in [0, 0.05) is 6.08 Å². The molecule has 0 radical (unpaired) electrons. The molecule has 0 saturated carbocycles. The van der Waals surface area contributed by atoms with E-state index in [2.05, 4.69) is 39.0 Å². The number of carboxylic acids is 1. The Bertz CT molecular complexity index is 651. The highest BCUT2D eigenvalue weighted by Gasteiger charge is 2.26. The van der Waals surface area contributed by atoms with Gasteiger partial charge in [0.1, 0.15) is 0 Å². The van der Waals surface area contributed by atoms with Gasteiger partial charge in [0.2, 0.25) is 0 Å². The minimum atomic E-state index is -0.889. The molecular weight excluding hydrogens is 296 g/mol. The van der Waals surface area contributed by atoms with Crippen LogP contribution in [-0.4, -0.2) is 11.1 Å². The summed E-state index contributed by atoms with van der Waals surface area (Å²) in [7, 11) is 0. The van der Waals surface area contributed by atoms with Crippen LogP contribution in [0.2, 0.25) is 0 Å². The Labute approximate surface area is 146 Å². The van der Waals surface area contributed by atoms with Crippen LogP contribution < -0.4 is 0 Å². The van der Waals surface area contributed by atoms with E-state index in [0.717, 1.165) is 18.4 Å². The number of carboxylic acid groups (broad SMARTS) is 1. The van der Waals surface area contributed by atoms with Crippen molar-refractivity contribution >= 4 is 5.97 Å². The van der Waals surface area contributed by atoms with Crippen LogP contribution in [-0.2, 0) is 4.79 Å². The second kappa shape index (κ2) is 7.83. The Morgan fingerprint density at radius 2 is 1.71 bits per heavy atom. The average Bonchev–Trinajstić information content (AvgIpc) is 2.90. The topological polar surface area (TPSA) is 37.3 Å². The average molecular weight is 326 g/mol. The highest BCUT2D eigenvalue weighted by atomic mass is 16.4. The summed E-state index contributed by atoms with van der Waals surface area (Å²) in [4.78, 5) is 10.7. The molecule has 2 aliphatic carbocycles. The largest absolute Gasteiger partial charge is 0.478 e. The van der Waals surface area contributed by atoms with E-state index in [1.54, 1.807) is 0 Å². The standard InChI is InChI=1S/C22H30O2/c1-16(15-21(23)24)10-11-18-8-5-9-19(18)12-13-20-17(2)7-6-14-22(20,3)4/h10-13,15H,5-9,14H2,1-4H3,(H,23,24)/b11-10+,13-12?,16-15+. The zero-order valence-corrected chi connectivity index (χ0v) is 15.5. The van der Waals surface area contributed by atoms with Gasteiger partial charge in [0.05, 0.1) is 0 Å². The molecule has 2 aliphatic rings. The SMILES string of the molecule is CC1=C(C=CC2=C(/C=C/C(C)=C/C(=O)O)CCC2)C(C)(C)CCC1. The van der Waals surface area contributed by atoms with Gasteiger partial charge in [-0.05, 0) is 80.1 Å². The third-order valence-corrected chi connectivity index (χ3v) is 5.20. The first kappa shape index (κ1) is 18.5. The number of aliphatic carboxylic acids is 1. The zero-order valence-electron chi connectivity index (χ0n) is 15.5. The van der Waals surface area contributed by atoms with Crippen molar-refractivity contribution in [3.05, 3.63) is 58.2 Å². The van der Waals surface area contributed by atoms with Crippen LogP contribution >= 0.6 is 0 Å². The molecule has 1 N–H and O–H groups in total. The monoisotopic (exact) mass is 326 g/mol. The van der Waals surface area contributed by atoms with Gasteiger partial charge in [-0.15, -0.1) is 0 Å². The smallest absolute Gasteiger partial charge is 0.328 e. The highest BCUT2D eigenvalue weighted by Crippen LogP contribution is 2.41. The van der Waals surface area contributed by atoms with Crippen LogP contribution in [0.4, 0.5) is 0 Å².